The SMILES string of the molecule is NC1=NC=CN2C1=CN(c1ccc(NC(=O)Nc3ccccc3)cc1)C2C1CC1. The van der Waals surface area contributed by atoms with Crippen LogP contribution >= 0.6 is 0 Å². The Kier molecular flexibility index (Phi) is 4.20. The number of nitrogens with two attached hydrogens (primary N) is 1. The van der Waals surface area contributed by atoms with Crippen molar-refractivity contribution in [1.29, 1.82) is 0 Å². The van der Waals surface area contributed by atoms with Gasteiger partial charge in [0.05, 0.1) is 0 Å². The Morgan fingerprint density at radius 3 is 2.34 bits per heavy atom. The summed E-state index contributed by atoms with van der Waals surface area (Å²) in [6, 6.07) is 16.9. The number of urea groups is 1. The number of nitrogens with one attached hydrogen (secondary N) is 2. The van der Waals surface area contributed by atoms with Crippen molar-refractivity contribution in [2.45, 2.75) is 19.0 Å². The van der Waals surface area contributed by atoms with E-state index in [4.69, 9.17) is 5.73 Å². The molecule has 3 aliphatic rings. The molecule has 0 spiro atoms. The molecule has 146 valence electrons. The molecule has 1 unspecified atom stereocenters. The van der Waals surface area contributed by atoms with E-state index >= 15 is 0 Å². The summed E-state index contributed by atoms with van der Waals surface area (Å²) in [5, 5.41) is 5.68. The average Bonchev–Trinajstić information content (AvgIpc) is 3.49. The first kappa shape index (κ1) is 17.4. The standard InChI is InChI=1S/C22H22N6O/c23-20-19-14-28(21(15-6-7-15)27(19)13-12-24-20)18-10-8-17(9-11-18)26-22(29)25-16-4-2-1-3-5-16/h1-5,8-15,21H,6-7H2,(H2,23,24)(H2,25,26,29). The molecular weight excluding hydrogens is 364 g/mol. The van der Waals surface area contributed by atoms with Gasteiger partial charge in [-0.1, -0.05) is 18.2 Å². The van der Waals surface area contributed by atoms with Gasteiger partial charge in [0.2, 0.25) is 0 Å². The van der Waals surface area contributed by atoms with Crippen LogP contribution in [0.4, 0.5) is 21.9 Å². The van der Waals surface area contributed by atoms with Crippen molar-refractivity contribution in [2.24, 2.45) is 16.6 Å². The lowest BCUT2D eigenvalue weighted by Crippen LogP contribution is -2.41. The van der Waals surface area contributed by atoms with Gasteiger partial charge in [0, 0.05) is 35.7 Å². The van der Waals surface area contributed by atoms with E-state index in [2.05, 4.69) is 31.6 Å². The van der Waals surface area contributed by atoms with E-state index < -0.39 is 0 Å². The van der Waals surface area contributed by atoms with Crippen molar-refractivity contribution in [3.05, 3.63) is 78.9 Å². The highest BCUT2D eigenvalue weighted by molar-refractivity contribution is 6.00. The van der Waals surface area contributed by atoms with Crippen molar-refractivity contribution in [2.75, 3.05) is 15.5 Å². The number of benzene rings is 2. The monoisotopic (exact) mass is 386 g/mol. The first-order valence-corrected chi connectivity index (χ1v) is 9.71. The molecular formula is C22H22N6O. The van der Waals surface area contributed by atoms with Gasteiger partial charge in [-0.05, 0) is 55.2 Å². The molecule has 2 aliphatic heterocycles. The summed E-state index contributed by atoms with van der Waals surface area (Å²) in [7, 11) is 0. The molecule has 0 bridgehead atoms. The summed E-state index contributed by atoms with van der Waals surface area (Å²) in [6.45, 7) is 0. The summed E-state index contributed by atoms with van der Waals surface area (Å²) >= 11 is 0. The number of fused-ring (bicyclic) bond motifs is 1. The van der Waals surface area contributed by atoms with Gasteiger partial charge in [-0.3, -0.25) is 0 Å². The Bertz CT molecular complexity index is 1010. The zero-order valence-corrected chi connectivity index (χ0v) is 15.8. The van der Waals surface area contributed by atoms with Gasteiger partial charge in [-0.2, -0.15) is 0 Å². The van der Waals surface area contributed by atoms with Crippen LogP contribution in [0.25, 0.3) is 0 Å². The van der Waals surface area contributed by atoms with Crippen molar-refractivity contribution < 1.29 is 4.79 Å². The van der Waals surface area contributed by atoms with Crippen molar-refractivity contribution >= 4 is 28.9 Å². The maximum atomic E-state index is 12.2. The van der Waals surface area contributed by atoms with Crippen LogP contribution in [0.3, 0.4) is 0 Å². The lowest BCUT2D eigenvalue weighted by atomic mass is 10.2. The molecule has 0 radical (unpaired) electrons. The van der Waals surface area contributed by atoms with Gasteiger partial charge in [0.15, 0.2) is 0 Å². The third-order valence-corrected chi connectivity index (χ3v) is 5.31. The van der Waals surface area contributed by atoms with Crippen LogP contribution in [0.5, 0.6) is 0 Å². The molecule has 0 aromatic heterocycles. The highest BCUT2D eigenvalue weighted by atomic mass is 16.2. The lowest BCUT2D eigenvalue weighted by molar-refractivity contribution is 0.262. The number of nitrogens with zero attached hydrogens (tertiary/aromatic N) is 3. The Morgan fingerprint density at radius 2 is 1.66 bits per heavy atom. The molecule has 0 saturated heterocycles. The van der Waals surface area contributed by atoms with E-state index in [0.717, 1.165) is 22.8 Å². The Labute approximate surface area is 169 Å². The average molecular weight is 386 g/mol. The fourth-order valence-electron chi connectivity index (χ4n) is 3.78. The smallest absolute Gasteiger partial charge is 0.323 e. The van der Waals surface area contributed by atoms with Crippen molar-refractivity contribution in [3.63, 3.8) is 0 Å². The number of amides is 2. The van der Waals surface area contributed by atoms with Gasteiger partial charge in [0.25, 0.3) is 0 Å². The summed E-state index contributed by atoms with van der Waals surface area (Å²) in [6.07, 6.45) is 8.45. The number of carbonyl (C=O) groups is 1. The van der Waals surface area contributed by atoms with Gasteiger partial charge in [-0.15, -0.1) is 0 Å². The molecule has 7 nitrogen and oxygen atoms in total. The van der Waals surface area contributed by atoms with Crippen LogP contribution in [0.1, 0.15) is 12.8 Å². The molecule has 2 heterocycles. The number of rotatable bonds is 4. The fourth-order valence-corrected chi connectivity index (χ4v) is 3.78. The lowest BCUT2D eigenvalue weighted by Gasteiger charge is -2.32. The Balaban J connectivity index is 1.31. The maximum absolute atomic E-state index is 12.2. The van der Waals surface area contributed by atoms with Crippen LogP contribution in [0, 0.1) is 5.92 Å². The van der Waals surface area contributed by atoms with Crippen LogP contribution < -0.4 is 21.3 Å². The third-order valence-electron chi connectivity index (χ3n) is 5.31. The zero-order chi connectivity index (χ0) is 19.8. The third kappa shape index (κ3) is 3.42. The summed E-state index contributed by atoms with van der Waals surface area (Å²) in [4.78, 5) is 20.9. The van der Waals surface area contributed by atoms with Crippen molar-refractivity contribution in [3.8, 4) is 0 Å². The quantitative estimate of drug-likeness (QED) is 0.744. The minimum absolute atomic E-state index is 0.218. The van der Waals surface area contributed by atoms with Gasteiger partial charge < -0.3 is 26.2 Å². The fraction of sp³-hybridized carbons (Fsp3) is 0.182. The molecule has 1 atom stereocenters. The van der Waals surface area contributed by atoms with Gasteiger partial charge >= 0.3 is 6.03 Å². The summed E-state index contributed by atoms with van der Waals surface area (Å²) in [5.74, 6) is 1.14. The summed E-state index contributed by atoms with van der Waals surface area (Å²) < 4.78 is 0. The van der Waals surface area contributed by atoms with E-state index in [1.165, 1.54) is 12.8 Å². The van der Waals surface area contributed by atoms with Gasteiger partial charge in [0.1, 0.15) is 17.7 Å². The highest BCUT2D eigenvalue weighted by Gasteiger charge is 2.44. The molecule has 7 heteroatoms. The van der Waals surface area contributed by atoms with Crippen LogP contribution in [-0.4, -0.2) is 22.9 Å². The molecule has 1 aliphatic carbocycles. The Morgan fingerprint density at radius 1 is 0.966 bits per heavy atom. The van der Waals surface area contributed by atoms with Crippen LogP contribution in [-0.2, 0) is 0 Å². The number of hydrogen-bond donors (Lipinski definition) is 3. The number of hydrogen-bond acceptors (Lipinski definition) is 5. The summed E-state index contributed by atoms with van der Waals surface area (Å²) in [5.41, 5.74) is 9.57. The Hall–Kier alpha value is -3.74. The molecule has 2 aromatic carbocycles. The number of aliphatic imine (C=N–C) groups is 1. The maximum Gasteiger partial charge on any atom is 0.323 e. The largest absolute Gasteiger partial charge is 0.382 e. The number of para-hydroxylation sites is 1. The molecule has 1 fully saturated rings. The predicted octanol–water partition coefficient (Wildman–Crippen LogP) is 3.87. The molecule has 1 saturated carbocycles. The normalized spacial score (nSPS) is 20.1. The first-order valence-electron chi connectivity index (χ1n) is 9.71. The molecule has 29 heavy (non-hydrogen) atoms. The molecule has 2 aromatic rings. The van der Waals surface area contributed by atoms with E-state index in [1.54, 1.807) is 6.20 Å². The van der Waals surface area contributed by atoms with Crippen LogP contribution in [0.2, 0.25) is 0 Å². The zero-order valence-electron chi connectivity index (χ0n) is 15.8. The minimum Gasteiger partial charge on any atom is -0.382 e. The van der Waals surface area contributed by atoms with E-state index in [1.807, 2.05) is 60.8 Å². The molecule has 4 N–H and O–H groups in total. The minimum atomic E-state index is -0.269. The van der Waals surface area contributed by atoms with Crippen LogP contribution in [0.15, 0.2) is 83.9 Å². The second-order valence-corrected chi connectivity index (χ2v) is 7.38. The second-order valence-electron chi connectivity index (χ2n) is 7.38. The number of anilines is 3. The predicted molar refractivity (Wildman–Crippen MR) is 115 cm³/mol. The van der Waals surface area contributed by atoms with E-state index in [0.29, 0.717) is 11.8 Å². The van der Waals surface area contributed by atoms with Crippen molar-refractivity contribution in [1.82, 2.24) is 4.90 Å². The van der Waals surface area contributed by atoms with E-state index in [9.17, 15) is 4.79 Å². The molecule has 5 rings (SSSR count). The molecule has 2 amide bonds. The first-order chi connectivity index (χ1) is 14.2. The number of carbonyl (C=O) groups excluding carboxylic acids is 1. The topological polar surface area (TPSA) is 86.0 Å². The second kappa shape index (κ2) is 7.01. The van der Waals surface area contributed by atoms with Gasteiger partial charge in [-0.25, -0.2) is 9.79 Å². The van der Waals surface area contributed by atoms with E-state index in [-0.39, 0.29) is 12.2 Å². The number of amidine groups is 1. The highest BCUT2D eigenvalue weighted by Crippen LogP contribution is 2.44.